The van der Waals surface area contributed by atoms with Crippen LogP contribution < -0.4 is 10.5 Å². The van der Waals surface area contributed by atoms with Gasteiger partial charge in [0.25, 0.3) is 0 Å². The van der Waals surface area contributed by atoms with Crippen molar-refractivity contribution >= 4 is 11.6 Å². The summed E-state index contributed by atoms with van der Waals surface area (Å²) in [6.07, 6.45) is 0. The van der Waals surface area contributed by atoms with Crippen molar-refractivity contribution in [3.8, 4) is 5.75 Å². The number of nitrogens with zero attached hydrogens (tertiary/aromatic N) is 4. The van der Waals surface area contributed by atoms with Crippen molar-refractivity contribution in [3.63, 3.8) is 0 Å². The maximum absolute atomic E-state index is 5.77. The van der Waals surface area contributed by atoms with Crippen LogP contribution in [-0.2, 0) is 13.2 Å². The molecule has 0 amide bonds. The minimum Gasteiger partial charge on any atom is -0.486 e. The van der Waals surface area contributed by atoms with E-state index in [1.807, 2.05) is 0 Å². The van der Waals surface area contributed by atoms with Gasteiger partial charge < -0.3 is 10.5 Å². The van der Waals surface area contributed by atoms with E-state index < -0.39 is 0 Å². The summed E-state index contributed by atoms with van der Waals surface area (Å²) in [7, 11) is 0. The first kappa shape index (κ1) is 11.8. The van der Waals surface area contributed by atoms with Gasteiger partial charge >= 0.3 is 0 Å². The van der Waals surface area contributed by atoms with Gasteiger partial charge in [-0.1, -0.05) is 11.6 Å². The highest BCUT2D eigenvalue weighted by Gasteiger charge is 2.05. The van der Waals surface area contributed by atoms with Gasteiger partial charge in [-0.25, -0.2) is 4.68 Å². The fourth-order valence-electron chi connectivity index (χ4n) is 1.30. The van der Waals surface area contributed by atoms with E-state index in [0.717, 1.165) is 5.75 Å². The highest BCUT2D eigenvalue weighted by molar-refractivity contribution is 6.30. The van der Waals surface area contributed by atoms with Crippen LogP contribution in [0.15, 0.2) is 24.3 Å². The summed E-state index contributed by atoms with van der Waals surface area (Å²) < 4.78 is 7.15. The van der Waals surface area contributed by atoms with Crippen LogP contribution in [0, 0.1) is 0 Å². The first-order chi connectivity index (χ1) is 8.29. The van der Waals surface area contributed by atoms with Gasteiger partial charge in [-0.15, -0.1) is 5.10 Å². The molecule has 0 fully saturated rings. The normalized spacial score (nSPS) is 10.5. The van der Waals surface area contributed by atoms with E-state index in [1.165, 1.54) is 0 Å². The number of hydrogen-bond acceptors (Lipinski definition) is 5. The fraction of sp³-hybridized carbons (Fsp3) is 0.300. The molecule has 0 saturated heterocycles. The first-order valence-corrected chi connectivity index (χ1v) is 5.51. The highest BCUT2D eigenvalue weighted by Crippen LogP contribution is 2.16. The zero-order chi connectivity index (χ0) is 12.1. The minimum absolute atomic E-state index is 0.300. The van der Waals surface area contributed by atoms with Crippen LogP contribution in [0.2, 0.25) is 5.02 Å². The maximum atomic E-state index is 5.77. The molecule has 1 heterocycles. The molecule has 7 heteroatoms. The van der Waals surface area contributed by atoms with E-state index in [-0.39, 0.29) is 0 Å². The van der Waals surface area contributed by atoms with Crippen molar-refractivity contribution < 1.29 is 4.74 Å². The second-order valence-corrected chi connectivity index (χ2v) is 3.79. The molecule has 0 saturated carbocycles. The van der Waals surface area contributed by atoms with Gasteiger partial charge in [0, 0.05) is 11.6 Å². The monoisotopic (exact) mass is 253 g/mol. The molecule has 0 spiro atoms. The van der Waals surface area contributed by atoms with Gasteiger partial charge in [-0.2, -0.15) is 0 Å². The molecular weight excluding hydrogens is 242 g/mol. The molecule has 0 unspecified atom stereocenters. The summed E-state index contributed by atoms with van der Waals surface area (Å²) in [5.41, 5.74) is 5.44. The van der Waals surface area contributed by atoms with Crippen LogP contribution in [-0.4, -0.2) is 26.8 Å². The van der Waals surface area contributed by atoms with Crippen LogP contribution in [0.1, 0.15) is 5.82 Å². The Bertz CT molecular complexity index is 470. The van der Waals surface area contributed by atoms with Crippen molar-refractivity contribution in [1.82, 2.24) is 20.2 Å². The smallest absolute Gasteiger partial charge is 0.189 e. The van der Waals surface area contributed by atoms with E-state index in [1.54, 1.807) is 28.9 Å². The second-order valence-electron chi connectivity index (χ2n) is 3.35. The molecule has 2 N–H and O–H groups in total. The van der Waals surface area contributed by atoms with E-state index in [9.17, 15) is 0 Å². The topological polar surface area (TPSA) is 78.9 Å². The van der Waals surface area contributed by atoms with Crippen molar-refractivity contribution in [1.29, 1.82) is 0 Å². The first-order valence-electron chi connectivity index (χ1n) is 5.13. The Balaban J connectivity index is 1.97. The number of nitrogens with two attached hydrogens (primary N) is 1. The lowest BCUT2D eigenvalue weighted by Gasteiger charge is -2.06. The summed E-state index contributed by atoms with van der Waals surface area (Å²) in [4.78, 5) is 0. The lowest BCUT2D eigenvalue weighted by molar-refractivity contribution is 0.286. The minimum atomic E-state index is 0.300. The van der Waals surface area contributed by atoms with Crippen molar-refractivity contribution in [3.05, 3.63) is 35.1 Å². The quantitative estimate of drug-likeness (QED) is 0.855. The third kappa shape index (κ3) is 3.15. The lowest BCUT2D eigenvalue weighted by atomic mass is 10.3. The third-order valence-corrected chi connectivity index (χ3v) is 2.38. The number of ether oxygens (including phenoxy) is 1. The molecular formula is C10H12ClN5O. The molecule has 90 valence electrons. The van der Waals surface area contributed by atoms with Gasteiger partial charge in [0.1, 0.15) is 12.4 Å². The Morgan fingerprint density at radius 3 is 2.76 bits per heavy atom. The molecule has 0 aliphatic rings. The van der Waals surface area contributed by atoms with Gasteiger partial charge in [0.05, 0.1) is 6.54 Å². The number of hydrogen-bond donors (Lipinski definition) is 1. The molecule has 2 aromatic rings. The molecule has 0 aliphatic heterocycles. The van der Waals surface area contributed by atoms with Gasteiger partial charge in [-0.05, 0) is 34.7 Å². The van der Waals surface area contributed by atoms with Gasteiger partial charge in [0.2, 0.25) is 0 Å². The molecule has 0 bridgehead atoms. The van der Waals surface area contributed by atoms with Gasteiger partial charge in [-0.3, -0.25) is 0 Å². The van der Waals surface area contributed by atoms with Crippen LogP contribution in [0.4, 0.5) is 0 Å². The standard InChI is InChI=1S/C10H12ClN5O/c11-8-1-3-9(4-2-8)17-7-10-13-14-15-16(10)6-5-12/h1-4H,5-7,12H2. The number of benzene rings is 1. The fourth-order valence-corrected chi connectivity index (χ4v) is 1.43. The highest BCUT2D eigenvalue weighted by atomic mass is 35.5. The Kier molecular flexibility index (Phi) is 3.89. The largest absolute Gasteiger partial charge is 0.486 e. The predicted octanol–water partition coefficient (Wildman–Crippen LogP) is 0.864. The summed E-state index contributed by atoms with van der Waals surface area (Å²) in [5.74, 6) is 1.36. The average molecular weight is 254 g/mol. The Hall–Kier alpha value is -1.66. The van der Waals surface area contributed by atoms with Crippen LogP contribution in [0.25, 0.3) is 0 Å². The Morgan fingerprint density at radius 2 is 2.06 bits per heavy atom. The zero-order valence-electron chi connectivity index (χ0n) is 9.08. The molecule has 1 aromatic heterocycles. The molecule has 0 atom stereocenters. The molecule has 6 nitrogen and oxygen atoms in total. The lowest BCUT2D eigenvalue weighted by Crippen LogP contribution is -2.15. The number of aromatic nitrogens is 4. The van der Waals surface area contributed by atoms with Crippen LogP contribution >= 0.6 is 11.6 Å². The second kappa shape index (κ2) is 5.60. The molecule has 0 aliphatic carbocycles. The third-order valence-electron chi connectivity index (χ3n) is 2.13. The molecule has 2 rings (SSSR count). The van der Waals surface area contributed by atoms with E-state index >= 15 is 0 Å². The van der Waals surface area contributed by atoms with Crippen LogP contribution in [0.3, 0.4) is 0 Å². The molecule has 0 radical (unpaired) electrons. The molecule has 17 heavy (non-hydrogen) atoms. The zero-order valence-corrected chi connectivity index (χ0v) is 9.84. The predicted molar refractivity (Wildman–Crippen MR) is 62.7 cm³/mol. The van der Waals surface area contributed by atoms with E-state index in [4.69, 9.17) is 22.1 Å². The Labute approximate surface area is 103 Å². The maximum Gasteiger partial charge on any atom is 0.189 e. The molecule has 1 aromatic carbocycles. The van der Waals surface area contributed by atoms with Crippen LogP contribution in [0.5, 0.6) is 5.75 Å². The average Bonchev–Trinajstić information content (AvgIpc) is 2.77. The number of halogens is 1. The number of rotatable bonds is 5. The van der Waals surface area contributed by atoms with Crippen molar-refractivity contribution in [2.75, 3.05) is 6.54 Å². The van der Waals surface area contributed by atoms with E-state index in [2.05, 4.69) is 15.5 Å². The summed E-state index contributed by atoms with van der Waals surface area (Å²) in [5, 5.41) is 11.9. The van der Waals surface area contributed by atoms with E-state index in [0.29, 0.717) is 30.5 Å². The summed E-state index contributed by atoms with van der Waals surface area (Å²) in [6.45, 7) is 1.36. The number of tetrazole rings is 1. The van der Waals surface area contributed by atoms with Crippen molar-refractivity contribution in [2.45, 2.75) is 13.2 Å². The van der Waals surface area contributed by atoms with Gasteiger partial charge in [0.15, 0.2) is 5.82 Å². The van der Waals surface area contributed by atoms with Crippen molar-refractivity contribution in [2.24, 2.45) is 5.73 Å². The summed E-state index contributed by atoms with van der Waals surface area (Å²) >= 11 is 5.77. The SMILES string of the molecule is NCCn1nnnc1COc1ccc(Cl)cc1. The Morgan fingerprint density at radius 1 is 1.29 bits per heavy atom. The summed E-state index contributed by atoms with van der Waals surface area (Å²) in [6, 6.07) is 7.11.